The minimum atomic E-state index is -0.168. The van der Waals surface area contributed by atoms with Crippen molar-refractivity contribution in [3.63, 3.8) is 0 Å². The van der Waals surface area contributed by atoms with Crippen LogP contribution in [-0.2, 0) is 0 Å². The normalized spacial score (nSPS) is 15.3. The summed E-state index contributed by atoms with van der Waals surface area (Å²) in [5.74, 6) is 1.80. The van der Waals surface area contributed by atoms with Crippen molar-refractivity contribution >= 4 is 17.5 Å². The summed E-state index contributed by atoms with van der Waals surface area (Å²) in [7, 11) is 0. The number of anilines is 2. The van der Waals surface area contributed by atoms with Crippen LogP contribution >= 0.6 is 0 Å². The molecule has 26 heavy (non-hydrogen) atoms. The van der Waals surface area contributed by atoms with E-state index < -0.39 is 0 Å². The van der Waals surface area contributed by atoms with Crippen molar-refractivity contribution in [3.05, 3.63) is 47.3 Å². The molecule has 0 bridgehead atoms. The first kappa shape index (κ1) is 18.4. The third-order valence-electron chi connectivity index (χ3n) is 5.11. The molecule has 5 heteroatoms. The van der Waals surface area contributed by atoms with Gasteiger partial charge in [-0.25, -0.2) is 9.97 Å². The van der Waals surface area contributed by atoms with Gasteiger partial charge < -0.3 is 10.2 Å². The predicted molar refractivity (Wildman–Crippen MR) is 106 cm³/mol. The molecule has 0 atom stereocenters. The summed E-state index contributed by atoms with van der Waals surface area (Å²) in [6, 6.07) is 7.97. The van der Waals surface area contributed by atoms with Crippen LogP contribution in [0.1, 0.15) is 61.1 Å². The molecule has 1 fully saturated rings. The largest absolute Gasteiger partial charge is 0.341 e. The van der Waals surface area contributed by atoms with Gasteiger partial charge in [-0.2, -0.15) is 0 Å². The van der Waals surface area contributed by atoms with Gasteiger partial charge in [0.25, 0.3) is 5.91 Å². The average molecular weight is 352 g/mol. The molecule has 0 radical (unpaired) electrons. The number of carbonyl (C=O) groups excluding carboxylic acids is 1. The maximum Gasteiger partial charge on any atom is 0.259 e. The number of aryl methyl sites for hydroxylation is 1. The van der Waals surface area contributed by atoms with Gasteiger partial charge in [-0.1, -0.05) is 32.9 Å². The van der Waals surface area contributed by atoms with Gasteiger partial charge >= 0.3 is 0 Å². The van der Waals surface area contributed by atoms with E-state index in [9.17, 15) is 4.79 Å². The van der Waals surface area contributed by atoms with Gasteiger partial charge in [0.15, 0.2) is 0 Å². The zero-order chi connectivity index (χ0) is 18.7. The number of amides is 1. The third kappa shape index (κ3) is 4.21. The summed E-state index contributed by atoms with van der Waals surface area (Å²) in [4.78, 5) is 23.8. The lowest BCUT2D eigenvalue weighted by atomic mass is 10.00. The average Bonchev–Trinajstić information content (AvgIpc) is 2.62. The van der Waals surface area contributed by atoms with E-state index >= 15 is 0 Å². The van der Waals surface area contributed by atoms with Gasteiger partial charge in [-0.15, -0.1) is 0 Å². The summed E-state index contributed by atoms with van der Waals surface area (Å²) in [5.41, 5.74) is 3.27. The van der Waals surface area contributed by atoms with E-state index in [0.29, 0.717) is 17.2 Å². The molecular weight excluding hydrogens is 324 g/mol. The number of nitrogens with zero attached hydrogens (tertiary/aromatic N) is 3. The van der Waals surface area contributed by atoms with Crippen LogP contribution in [0.5, 0.6) is 0 Å². The van der Waals surface area contributed by atoms with Crippen LogP contribution in [-0.4, -0.2) is 29.0 Å². The lowest BCUT2D eigenvalue weighted by Crippen LogP contribution is -2.34. The number of carbonyl (C=O) groups is 1. The molecule has 5 nitrogen and oxygen atoms in total. The molecule has 2 aromatic rings. The second-order valence-corrected chi connectivity index (χ2v) is 7.57. The monoisotopic (exact) mass is 352 g/mol. The van der Waals surface area contributed by atoms with E-state index in [2.05, 4.69) is 41.0 Å². The van der Waals surface area contributed by atoms with Crippen LogP contribution in [0.2, 0.25) is 0 Å². The van der Waals surface area contributed by atoms with E-state index in [1.54, 1.807) is 6.20 Å². The standard InChI is InChI=1S/C21H28N4O/c1-14(2)17-5-7-18(8-6-17)24-20(26)19-13-22-21(23-16(19)4)25-11-9-15(3)10-12-25/h5-8,13-15H,9-12H2,1-4H3,(H,24,26). The Labute approximate surface area is 155 Å². The molecule has 2 heterocycles. The Morgan fingerprint density at radius 2 is 1.85 bits per heavy atom. The highest BCUT2D eigenvalue weighted by Crippen LogP contribution is 2.21. The van der Waals surface area contributed by atoms with Crippen LogP contribution in [0, 0.1) is 12.8 Å². The fraction of sp³-hybridized carbons (Fsp3) is 0.476. The molecular formula is C21H28N4O. The number of hydrogen-bond acceptors (Lipinski definition) is 4. The second-order valence-electron chi connectivity index (χ2n) is 7.57. The topological polar surface area (TPSA) is 58.1 Å². The van der Waals surface area contributed by atoms with Crippen molar-refractivity contribution < 1.29 is 4.79 Å². The Balaban J connectivity index is 1.69. The van der Waals surface area contributed by atoms with Gasteiger partial charge in [0.2, 0.25) is 5.95 Å². The smallest absolute Gasteiger partial charge is 0.259 e. The fourth-order valence-electron chi connectivity index (χ4n) is 3.19. The number of nitrogens with one attached hydrogen (secondary N) is 1. The van der Waals surface area contributed by atoms with Crippen LogP contribution in [0.15, 0.2) is 30.5 Å². The van der Waals surface area contributed by atoms with Crippen molar-refractivity contribution in [2.75, 3.05) is 23.3 Å². The Hall–Kier alpha value is -2.43. The lowest BCUT2D eigenvalue weighted by molar-refractivity contribution is 0.102. The molecule has 3 rings (SSSR count). The van der Waals surface area contributed by atoms with Gasteiger partial charge in [0.05, 0.1) is 11.3 Å². The van der Waals surface area contributed by atoms with E-state index in [4.69, 9.17) is 0 Å². The molecule has 1 amide bonds. The molecule has 0 aliphatic carbocycles. The molecule has 0 unspecified atom stereocenters. The number of hydrogen-bond donors (Lipinski definition) is 1. The molecule has 1 N–H and O–H groups in total. The Kier molecular flexibility index (Phi) is 5.55. The van der Waals surface area contributed by atoms with Gasteiger partial charge in [0, 0.05) is 25.0 Å². The molecule has 1 aromatic carbocycles. The Morgan fingerprint density at radius 1 is 1.19 bits per heavy atom. The van der Waals surface area contributed by atoms with Crippen molar-refractivity contribution in [2.24, 2.45) is 5.92 Å². The summed E-state index contributed by atoms with van der Waals surface area (Å²) in [5, 5.41) is 2.94. The Morgan fingerprint density at radius 3 is 2.42 bits per heavy atom. The van der Waals surface area contributed by atoms with Crippen molar-refractivity contribution in [3.8, 4) is 0 Å². The van der Waals surface area contributed by atoms with E-state index in [1.807, 2.05) is 31.2 Å². The van der Waals surface area contributed by atoms with Crippen LogP contribution in [0.3, 0.4) is 0 Å². The summed E-state index contributed by atoms with van der Waals surface area (Å²) < 4.78 is 0. The van der Waals surface area contributed by atoms with Crippen LogP contribution in [0.4, 0.5) is 11.6 Å². The van der Waals surface area contributed by atoms with Crippen molar-refractivity contribution in [1.29, 1.82) is 0 Å². The van der Waals surface area contributed by atoms with Gasteiger partial charge in [-0.05, 0) is 49.3 Å². The highest BCUT2D eigenvalue weighted by atomic mass is 16.1. The highest BCUT2D eigenvalue weighted by Gasteiger charge is 2.20. The molecule has 1 aliphatic rings. The highest BCUT2D eigenvalue weighted by molar-refractivity contribution is 6.04. The lowest BCUT2D eigenvalue weighted by Gasteiger charge is -2.30. The first-order valence-electron chi connectivity index (χ1n) is 9.44. The molecule has 1 saturated heterocycles. The van der Waals surface area contributed by atoms with Gasteiger partial charge in [-0.3, -0.25) is 4.79 Å². The summed E-state index contributed by atoms with van der Waals surface area (Å²) >= 11 is 0. The minimum Gasteiger partial charge on any atom is -0.341 e. The zero-order valence-corrected chi connectivity index (χ0v) is 16.1. The zero-order valence-electron chi connectivity index (χ0n) is 16.1. The maximum atomic E-state index is 12.6. The molecule has 1 aliphatic heterocycles. The van der Waals surface area contributed by atoms with E-state index in [0.717, 1.165) is 43.5 Å². The third-order valence-corrected chi connectivity index (χ3v) is 5.11. The van der Waals surface area contributed by atoms with Crippen molar-refractivity contribution in [2.45, 2.75) is 46.5 Å². The first-order chi connectivity index (χ1) is 12.4. The molecule has 138 valence electrons. The SMILES string of the molecule is Cc1nc(N2CCC(C)CC2)ncc1C(=O)Nc1ccc(C(C)C)cc1. The number of aromatic nitrogens is 2. The summed E-state index contributed by atoms with van der Waals surface area (Å²) in [6.07, 6.45) is 3.97. The summed E-state index contributed by atoms with van der Waals surface area (Å²) in [6.45, 7) is 10.4. The predicted octanol–water partition coefficient (Wildman–Crippen LogP) is 4.40. The van der Waals surface area contributed by atoms with Crippen molar-refractivity contribution in [1.82, 2.24) is 9.97 Å². The minimum absolute atomic E-state index is 0.168. The first-order valence-corrected chi connectivity index (χ1v) is 9.44. The quantitative estimate of drug-likeness (QED) is 0.886. The van der Waals surface area contributed by atoms with Crippen LogP contribution in [0.25, 0.3) is 0 Å². The van der Waals surface area contributed by atoms with E-state index in [1.165, 1.54) is 5.56 Å². The van der Waals surface area contributed by atoms with Crippen LogP contribution < -0.4 is 10.2 Å². The fourth-order valence-corrected chi connectivity index (χ4v) is 3.19. The number of benzene rings is 1. The van der Waals surface area contributed by atoms with E-state index in [-0.39, 0.29) is 5.91 Å². The number of rotatable bonds is 4. The molecule has 0 spiro atoms. The molecule has 1 aromatic heterocycles. The second kappa shape index (κ2) is 7.85. The number of piperidine rings is 1. The Bertz CT molecular complexity index is 762. The maximum absolute atomic E-state index is 12.6. The molecule has 0 saturated carbocycles. The van der Waals surface area contributed by atoms with Gasteiger partial charge in [0.1, 0.15) is 0 Å².